The van der Waals surface area contributed by atoms with Crippen LogP contribution in [-0.2, 0) is 6.54 Å². The Morgan fingerprint density at radius 2 is 2.06 bits per heavy atom. The lowest BCUT2D eigenvalue weighted by Gasteiger charge is -2.10. The lowest BCUT2D eigenvalue weighted by atomic mass is 10.0. The fourth-order valence-electron chi connectivity index (χ4n) is 2.49. The molecule has 0 unspecified atom stereocenters. The SMILES string of the molecule is Fc1cc(Cl)ccc1CNCCC1CCCC1. The molecule has 0 atom stereocenters. The van der Waals surface area contributed by atoms with E-state index >= 15 is 0 Å². The lowest BCUT2D eigenvalue weighted by molar-refractivity contribution is 0.474. The van der Waals surface area contributed by atoms with Crippen LogP contribution in [0.4, 0.5) is 4.39 Å². The Labute approximate surface area is 107 Å². The van der Waals surface area contributed by atoms with E-state index in [0.717, 1.165) is 12.5 Å². The second-order valence-corrected chi connectivity index (χ2v) is 5.29. The first-order valence-corrected chi connectivity index (χ1v) is 6.78. The monoisotopic (exact) mass is 255 g/mol. The van der Waals surface area contributed by atoms with Gasteiger partial charge in [-0.25, -0.2) is 4.39 Å². The van der Waals surface area contributed by atoms with E-state index in [9.17, 15) is 4.39 Å². The van der Waals surface area contributed by atoms with Crippen molar-refractivity contribution in [2.75, 3.05) is 6.54 Å². The summed E-state index contributed by atoms with van der Waals surface area (Å²) < 4.78 is 13.5. The number of rotatable bonds is 5. The Morgan fingerprint density at radius 3 is 2.76 bits per heavy atom. The Hall–Kier alpha value is -0.600. The summed E-state index contributed by atoms with van der Waals surface area (Å²) in [6.07, 6.45) is 6.73. The fourth-order valence-corrected chi connectivity index (χ4v) is 2.65. The summed E-state index contributed by atoms with van der Waals surface area (Å²) in [5.74, 6) is 0.670. The van der Waals surface area contributed by atoms with Gasteiger partial charge in [0.15, 0.2) is 0 Å². The predicted molar refractivity (Wildman–Crippen MR) is 69.7 cm³/mol. The maximum Gasteiger partial charge on any atom is 0.129 e. The van der Waals surface area contributed by atoms with Crippen LogP contribution in [0.5, 0.6) is 0 Å². The molecule has 3 heteroatoms. The van der Waals surface area contributed by atoms with Crippen molar-refractivity contribution in [1.29, 1.82) is 0 Å². The molecule has 0 amide bonds. The normalized spacial score (nSPS) is 16.6. The van der Waals surface area contributed by atoms with Crippen LogP contribution in [0.25, 0.3) is 0 Å². The van der Waals surface area contributed by atoms with Gasteiger partial charge in [-0.05, 0) is 31.0 Å². The minimum absolute atomic E-state index is 0.217. The van der Waals surface area contributed by atoms with Gasteiger partial charge in [0, 0.05) is 17.1 Å². The molecule has 1 aliphatic rings. The van der Waals surface area contributed by atoms with Crippen molar-refractivity contribution < 1.29 is 4.39 Å². The highest BCUT2D eigenvalue weighted by Crippen LogP contribution is 2.26. The molecule has 1 fully saturated rings. The van der Waals surface area contributed by atoms with Crippen molar-refractivity contribution >= 4 is 11.6 Å². The fraction of sp³-hybridized carbons (Fsp3) is 0.571. The van der Waals surface area contributed by atoms with Crippen LogP contribution in [0.2, 0.25) is 5.02 Å². The number of hydrogen-bond acceptors (Lipinski definition) is 1. The maximum absolute atomic E-state index is 13.5. The lowest BCUT2D eigenvalue weighted by Crippen LogP contribution is -2.17. The molecule has 1 aliphatic carbocycles. The van der Waals surface area contributed by atoms with E-state index in [2.05, 4.69) is 5.32 Å². The molecule has 1 nitrogen and oxygen atoms in total. The average Bonchev–Trinajstić information content (AvgIpc) is 2.79. The van der Waals surface area contributed by atoms with Crippen LogP contribution in [0, 0.1) is 11.7 Å². The topological polar surface area (TPSA) is 12.0 Å². The molecule has 2 rings (SSSR count). The first kappa shape index (κ1) is 12.8. The van der Waals surface area contributed by atoms with E-state index < -0.39 is 0 Å². The number of benzene rings is 1. The van der Waals surface area contributed by atoms with Gasteiger partial charge < -0.3 is 5.32 Å². The predicted octanol–water partition coefficient (Wildman–Crippen LogP) is 4.15. The summed E-state index contributed by atoms with van der Waals surface area (Å²) in [6.45, 7) is 1.57. The number of hydrogen-bond donors (Lipinski definition) is 1. The zero-order valence-electron chi connectivity index (χ0n) is 10.0. The van der Waals surface area contributed by atoms with Crippen molar-refractivity contribution in [1.82, 2.24) is 5.32 Å². The minimum Gasteiger partial charge on any atom is -0.313 e. The molecular weight excluding hydrogens is 237 g/mol. The van der Waals surface area contributed by atoms with Crippen LogP contribution < -0.4 is 5.32 Å². The highest BCUT2D eigenvalue weighted by atomic mass is 35.5. The van der Waals surface area contributed by atoms with Gasteiger partial charge in [0.1, 0.15) is 5.82 Å². The first-order valence-electron chi connectivity index (χ1n) is 6.40. The van der Waals surface area contributed by atoms with Gasteiger partial charge in [0.2, 0.25) is 0 Å². The van der Waals surface area contributed by atoms with Gasteiger partial charge in [-0.3, -0.25) is 0 Å². The third-order valence-electron chi connectivity index (χ3n) is 3.53. The molecule has 0 aromatic heterocycles. The molecule has 94 valence electrons. The molecule has 0 aliphatic heterocycles. The molecule has 0 saturated heterocycles. The standard InChI is InChI=1S/C14H19ClFN/c15-13-6-5-12(14(16)9-13)10-17-8-7-11-3-1-2-4-11/h5-6,9,11,17H,1-4,7-8,10H2. The van der Waals surface area contributed by atoms with Crippen molar-refractivity contribution in [2.24, 2.45) is 5.92 Å². The summed E-state index contributed by atoms with van der Waals surface area (Å²) in [7, 11) is 0. The maximum atomic E-state index is 13.5. The smallest absolute Gasteiger partial charge is 0.129 e. The summed E-state index contributed by atoms with van der Waals surface area (Å²) in [5, 5.41) is 3.76. The quantitative estimate of drug-likeness (QED) is 0.780. The van der Waals surface area contributed by atoms with Crippen molar-refractivity contribution in [3.8, 4) is 0 Å². The zero-order valence-corrected chi connectivity index (χ0v) is 10.8. The number of halogens is 2. The Kier molecular flexibility index (Phi) is 4.81. The molecule has 1 saturated carbocycles. The second-order valence-electron chi connectivity index (χ2n) is 4.85. The van der Waals surface area contributed by atoms with Crippen LogP contribution in [0.15, 0.2) is 18.2 Å². The van der Waals surface area contributed by atoms with Gasteiger partial charge >= 0.3 is 0 Å². The largest absolute Gasteiger partial charge is 0.313 e. The van der Waals surface area contributed by atoms with E-state index in [0.29, 0.717) is 17.1 Å². The van der Waals surface area contributed by atoms with Crippen LogP contribution in [0.1, 0.15) is 37.7 Å². The molecule has 0 bridgehead atoms. The van der Waals surface area contributed by atoms with Gasteiger partial charge in [-0.2, -0.15) is 0 Å². The van der Waals surface area contributed by atoms with E-state index in [1.165, 1.54) is 38.2 Å². The molecule has 0 spiro atoms. The second kappa shape index (κ2) is 6.36. The van der Waals surface area contributed by atoms with Crippen molar-refractivity contribution in [3.63, 3.8) is 0 Å². The molecular formula is C14H19ClFN. The first-order chi connectivity index (χ1) is 8.25. The van der Waals surface area contributed by atoms with Gasteiger partial charge in [0.25, 0.3) is 0 Å². The van der Waals surface area contributed by atoms with Crippen LogP contribution >= 0.6 is 11.6 Å². The van der Waals surface area contributed by atoms with Crippen molar-refractivity contribution in [3.05, 3.63) is 34.6 Å². The molecule has 0 heterocycles. The summed E-state index contributed by atoms with van der Waals surface area (Å²) >= 11 is 5.70. The van der Waals surface area contributed by atoms with E-state index in [1.807, 2.05) is 0 Å². The zero-order chi connectivity index (χ0) is 12.1. The average molecular weight is 256 g/mol. The Balaban J connectivity index is 1.70. The Morgan fingerprint density at radius 1 is 1.29 bits per heavy atom. The van der Waals surface area contributed by atoms with E-state index in [-0.39, 0.29) is 5.82 Å². The summed E-state index contributed by atoms with van der Waals surface area (Å²) in [4.78, 5) is 0. The van der Waals surface area contributed by atoms with Crippen LogP contribution in [-0.4, -0.2) is 6.54 Å². The highest BCUT2D eigenvalue weighted by molar-refractivity contribution is 6.30. The van der Waals surface area contributed by atoms with Crippen molar-refractivity contribution in [2.45, 2.75) is 38.6 Å². The third kappa shape index (κ3) is 3.97. The Bertz CT molecular complexity index is 361. The van der Waals surface area contributed by atoms with Gasteiger partial charge in [-0.1, -0.05) is 43.4 Å². The van der Waals surface area contributed by atoms with E-state index in [4.69, 9.17) is 11.6 Å². The molecule has 17 heavy (non-hydrogen) atoms. The third-order valence-corrected chi connectivity index (χ3v) is 3.77. The molecule has 1 N–H and O–H groups in total. The van der Waals surface area contributed by atoms with Gasteiger partial charge in [-0.15, -0.1) is 0 Å². The summed E-state index contributed by atoms with van der Waals surface area (Å²) in [6, 6.07) is 4.86. The van der Waals surface area contributed by atoms with Gasteiger partial charge in [0.05, 0.1) is 0 Å². The number of nitrogens with one attached hydrogen (secondary N) is 1. The molecule has 0 radical (unpaired) electrons. The van der Waals surface area contributed by atoms with Crippen LogP contribution in [0.3, 0.4) is 0 Å². The van der Waals surface area contributed by atoms with E-state index in [1.54, 1.807) is 12.1 Å². The molecule has 1 aromatic rings. The minimum atomic E-state index is -0.217. The summed E-state index contributed by atoms with van der Waals surface area (Å²) in [5.41, 5.74) is 0.695. The highest BCUT2D eigenvalue weighted by Gasteiger charge is 2.13. The molecule has 1 aromatic carbocycles.